The third-order valence-electron chi connectivity index (χ3n) is 2.39. The van der Waals surface area contributed by atoms with Crippen LogP contribution < -0.4 is 10.1 Å². The first-order valence-corrected chi connectivity index (χ1v) is 4.91. The van der Waals surface area contributed by atoms with Gasteiger partial charge in [0.05, 0.1) is 17.9 Å². The third kappa shape index (κ3) is 2.03. The van der Waals surface area contributed by atoms with Crippen molar-refractivity contribution in [1.29, 1.82) is 0 Å². The smallest absolute Gasteiger partial charge is 0.335 e. The van der Waals surface area contributed by atoms with Crippen LogP contribution in [0.5, 0.6) is 5.75 Å². The number of benzene rings is 1. The molecule has 0 aliphatic carbocycles. The van der Waals surface area contributed by atoms with E-state index in [0.29, 0.717) is 18.3 Å². The van der Waals surface area contributed by atoms with Gasteiger partial charge in [-0.05, 0) is 18.2 Å². The number of hydrogen-bond acceptors (Lipinski definition) is 3. The molecule has 0 saturated heterocycles. The van der Waals surface area contributed by atoms with Gasteiger partial charge >= 0.3 is 5.97 Å². The monoisotopic (exact) mass is 207 g/mol. The Kier molecular flexibility index (Phi) is 2.49. The third-order valence-corrected chi connectivity index (χ3v) is 2.39. The van der Waals surface area contributed by atoms with Gasteiger partial charge in [0.25, 0.3) is 0 Å². The Bertz CT molecular complexity index is 389. The summed E-state index contributed by atoms with van der Waals surface area (Å²) in [7, 11) is 0. The minimum atomic E-state index is -0.932. The van der Waals surface area contributed by atoms with E-state index in [1.54, 1.807) is 18.2 Å². The average molecular weight is 207 g/mol. The molecule has 0 spiro atoms. The van der Waals surface area contributed by atoms with Crippen molar-refractivity contribution in [2.45, 2.75) is 6.92 Å². The number of hydrogen-bond donors (Lipinski definition) is 2. The molecule has 15 heavy (non-hydrogen) atoms. The second kappa shape index (κ2) is 3.81. The molecule has 80 valence electrons. The number of anilines is 1. The number of carboxylic acids is 1. The van der Waals surface area contributed by atoms with Crippen molar-refractivity contribution >= 4 is 11.7 Å². The predicted octanol–water partition coefficient (Wildman–Crippen LogP) is 1.83. The SMILES string of the molecule is C[C@@H]1CNc2ccc(C(=O)O)cc2OC1. The van der Waals surface area contributed by atoms with Gasteiger partial charge < -0.3 is 15.2 Å². The first-order chi connectivity index (χ1) is 7.16. The van der Waals surface area contributed by atoms with E-state index in [1.807, 2.05) is 0 Å². The molecule has 1 aromatic rings. The Morgan fingerprint density at radius 3 is 3.13 bits per heavy atom. The molecule has 2 N–H and O–H groups in total. The van der Waals surface area contributed by atoms with E-state index < -0.39 is 5.97 Å². The highest BCUT2D eigenvalue weighted by molar-refractivity contribution is 5.89. The van der Waals surface area contributed by atoms with Gasteiger partial charge in [0, 0.05) is 12.5 Å². The molecule has 4 nitrogen and oxygen atoms in total. The highest BCUT2D eigenvalue weighted by Crippen LogP contribution is 2.28. The van der Waals surface area contributed by atoms with Crippen molar-refractivity contribution in [3.63, 3.8) is 0 Å². The van der Waals surface area contributed by atoms with Crippen LogP contribution >= 0.6 is 0 Å². The molecule has 0 radical (unpaired) electrons. The lowest BCUT2D eigenvalue weighted by atomic mass is 10.2. The summed E-state index contributed by atoms with van der Waals surface area (Å²) in [6.07, 6.45) is 0. The predicted molar refractivity (Wildman–Crippen MR) is 56.6 cm³/mol. The average Bonchev–Trinajstić information content (AvgIpc) is 2.40. The van der Waals surface area contributed by atoms with Gasteiger partial charge in [0.15, 0.2) is 0 Å². The lowest BCUT2D eigenvalue weighted by Crippen LogP contribution is -2.13. The van der Waals surface area contributed by atoms with E-state index in [1.165, 1.54) is 0 Å². The topological polar surface area (TPSA) is 58.6 Å². The number of aromatic carboxylic acids is 1. The van der Waals surface area contributed by atoms with E-state index in [0.717, 1.165) is 12.2 Å². The second-order valence-electron chi connectivity index (χ2n) is 3.81. The van der Waals surface area contributed by atoms with Gasteiger partial charge in [-0.15, -0.1) is 0 Å². The van der Waals surface area contributed by atoms with Gasteiger partial charge in [-0.2, -0.15) is 0 Å². The van der Waals surface area contributed by atoms with E-state index >= 15 is 0 Å². The van der Waals surface area contributed by atoms with Crippen LogP contribution in [0.25, 0.3) is 0 Å². The van der Waals surface area contributed by atoms with Crippen LogP contribution in [0.1, 0.15) is 17.3 Å². The summed E-state index contributed by atoms with van der Waals surface area (Å²) in [6, 6.07) is 4.88. The van der Waals surface area contributed by atoms with E-state index in [-0.39, 0.29) is 5.56 Å². The first kappa shape index (κ1) is 9.83. The van der Waals surface area contributed by atoms with Crippen molar-refractivity contribution in [3.8, 4) is 5.75 Å². The van der Waals surface area contributed by atoms with E-state index in [9.17, 15) is 4.79 Å². The van der Waals surface area contributed by atoms with Gasteiger partial charge in [0.1, 0.15) is 5.75 Å². The molecule has 2 rings (SSSR count). The van der Waals surface area contributed by atoms with Crippen molar-refractivity contribution in [2.24, 2.45) is 5.92 Å². The van der Waals surface area contributed by atoms with Crippen LogP contribution in [0.2, 0.25) is 0 Å². The fourth-order valence-corrected chi connectivity index (χ4v) is 1.50. The molecule has 0 bridgehead atoms. The molecule has 1 aliphatic rings. The molecular weight excluding hydrogens is 194 g/mol. The fraction of sp³-hybridized carbons (Fsp3) is 0.364. The van der Waals surface area contributed by atoms with Gasteiger partial charge in [-0.25, -0.2) is 4.79 Å². The quantitative estimate of drug-likeness (QED) is 0.737. The largest absolute Gasteiger partial charge is 0.491 e. The molecule has 0 fully saturated rings. The second-order valence-corrected chi connectivity index (χ2v) is 3.81. The standard InChI is InChI=1S/C11H13NO3/c1-7-5-12-9-3-2-8(11(13)14)4-10(9)15-6-7/h2-4,7,12H,5-6H2,1H3,(H,13,14)/t7-/m1/s1. The van der Waals surface area contributed by atoms with Crippen LogP contribution in [-0.2, 0) is 0 Å². The summed E-state index contributed by atoms with van der Waals surface area (Å²) in [5, 5.41) is 12.1. The summed E-state index contributed by atoms with van der Waals surface area (Å²) in [5.41, 5.74) is 1.12. The van der Waals surface area contributed by atoms with Crippen molar-refractivity contribution in [2.75, 3.05) is 18.5 Å². The maximum Gasteiger partial charge on any atom is 0.335 e. The molecule has 1 heterocycles. The number of carboxylic acid groups (broad SMARTS) is 1. The Morgan fingerprint density at radius 2 is 2.40 bits per heavy atom. The molecule has 1 aromatic carbocycles. The van der Waals surface area contributed by atoms with E-state index in [4.69, 9.17) is 9.84 Å². The fourth-order valence-electron chi connectivity index (χ4n) is 1.50. The molecule has 1 aliphatic heterocycles. The van der Waals surface area contributed by atoms with Crippen LogP contribution in [0.15, 0.2) is 18.2 Å². The highest BCUT2D eigenvalue weighted by Gasteiger charge is 2.14. The Labute approximate surface area is 87.9 Å². The van der Waals surface area contributed by atoms with E-state index in [2.05, 4.69) is 12.2 Å². The molecule has 0 saturated carbocycles. The number of carbonyl (C=O) groups is 1. The summed E-state index contributed by atoms with van der Waals surface area (Å²) >= 11 is 0. The van der Waals surface area contributed by atoms with Crippen LogP contribution in [-0.4, -0.2) is 24.2 Å². The van der Waals surface area contributed by atoms with Gasteiger partial charge in [-0.3, -0.25) is 0 Å². The summed E-state index contributed by atoms with van der Waals surface area (Å²) in [6.45, 7) is 3.54. The number of fused-ring (bicyclic) bond motifs is 1. The molecular formula is C11H13NO3. The minimum absolute atomic E-state index is 0.255. The van der Waals surface area contributed by atoms with Crippen LogP contribution in [0, 0.1) is 5.92 Å². The van der Waals surface area contributed by atoms with Gasteiger partial charge in [-0.1, -0.05) is 6.92 Å². The Balaban J connectivity index is 2.32. The molecule has 0 aromatic heterocycles. The molecule has 4 heteroatoms. The molecule has 0 amide bonds. The molecule has 0 unspecified atom stereocenters. The van der Waals surface area contributed by atoms with Crippen molar-refractivity contribution in [1.82, 2.24) is 0 Å². The van der Waals surface area contributed by atoms with Crippen molar-refractivity contribution in [3.05, 3.63) is 23.8 Å². The highest BCUT2D eigenvalue weighted by atomic mass is 16.5. The molecule has 1 atom stereocenters. The Morgan fingerprint density at radius 1 is 1.60 bits per heavy atom. The summed E-state index contributed by atoms with van der Waals surface area (Å²) in [4.78, 5) is 10.8. The maximum atomic E-state index is 10.8. The summed E-state index contributed by atoms with van der Waals surface area (Å²) < 4.78 is 5.53. The minimum Gasteiger partial charge on any atom is -0.491 e. The zero-order valence-electron chi connectivity index (χ0n) is 8.49. The van der Waals surface area contributed by atoms with Crippen LogP contribution in [0.4, 0.5) is 5.69 Å². The lowest BCUT2D eigenvalue weighted by Gasteiger charge is -2.07. The zero-order valence-corrected chi connectivity index (χ0v) is 8.49. The number of rotatable bonds is 1. The number of ether oxygens (including phenoxy) is 1. The number of nitrogens with one attached hydrogen (secondary N) is 1. The van der Waals surface area contributed by atoms with Crippen molar-refractivity contribution < 1.29 is 14.6 Å². The maximum absolute atomic E-state index is 10.8. The Hall–Kier alpha value is -1.71. The normalized spacial score (nSPS) is 19.4. The summed E-state index contributed by atoms with van der Waals surface area (Å²) in [5.74, 6) is 0.114. The van der Waals surface area contributed by atoms with Crippen LogP contribution in [0.3, 0.4) is 0 Å². The lowest BCUT2D eigenvalue weighted by molar-refractivity contribution is 0.0696. The zero-order chi connectivity index (χ0) is 10.8. The van der Waals surface area contributed by atoms with Gasteiger partial charge in [0.2, 0.25) is 0 Å². The first-order valence-electron chi connectivity index (χ1n) is 4.91.